The first kappa shape index (κ1) is 11.2. The lowest BCUT2D eigenvalue weighted by molar-refractivity contribution is 0.534. The van der Waals surface area contributed by atoms with Crippen LogP contribution in [-0.4, -0.2) is 6.54 Å². The van der Waals surface area contributed by atoms with E-state index in [1.54, 1.807) is 6.07 Å². The van der Waals surface area contributed by atoms with Crippen molar-refractivity contribution in [2.45, 2.75) is 27.3 Å². The van der Waals surface area contributed by atoms with Gasteiger partial charge in [0.05, 0.1) is 0 Å². The molecule has 0 amide bonds. The van der Waals surface area contributed by atoms with Gasteiger partial charge in [0.2, 0.25) is 0 Å². The van der Waals surface area contributed by atoms with Crippen LogP contribution >= 0.6 is 0 Å². The summed E-state index contributed by atoms with van der Waals surface area (Å²) in [6.07, 6.45) is 0. The fourth-order valence-corrected chi connectivity index (χ4v) is 1.29. The third-order valence-corrected chi connectivity index (χ3v) is 2.08. The van der Waals surface area contributed by atoms with Gasteiger partial charge in [-0.25, -0.2) is 4.39 Å². The van der Waals surface area contributed by atoms with Crippen molar-refractivity contribution in [2.24, 2.45) is 5.92 Å². The molecule has 0 aromatic heterocycles. The van der Waals surface area contributed by atoms with Crippen LogP contribution < -0.4 is 5.32 Å². The number of hydrogen-bond donors (Lipinski definition) is 1. The van der Waals surface area contributed by atoms with Crippen molar-refractivity contribution in [3.63, 3.8) is 0 Å². The topological polar surface area (TPSA) is 12.0 Å². The molecule has 0 saturated carbocycles. The number of aryl methyl sites for hydroxylation is 1. The van der Waals surface area contributed by atoms with Gasteiger partial charge in [0.1, 0.15) is 5.82 Å². The van der Waals surface area contributed by atoms with Crippen molar-refractivity contribution >= 4 is 0 Å². The molecule has 0 atom stereocenters. The van der Waals surface area contributed by atoms with E-state index in [2.05, 4.69) is 19.2 Å². The molecule has 0 radical (unpaired) electrons. The maximum absolute atomic E-state index is 13.3. The minimum atomic E-state index is -0.110. The van der Waals surface area contributed by atoms with E-state index in [1.165, 1.54) is 0 Å². The fourth-order valence-electron chi connectivity index (χ4n) is 1.29. The van der Waals surface area contributed by atoms with Gasteiger partial charge in [-0.1, -0.05) is 26.0 Å². The van der Waals surface area contributed by atoms with Crippen molar-refractivity contribution in [3.05, 3.63) is 35.1 Å². The summed E-state index contributed by atoms with van der Waals surface area (Å²) < 4.78 is 13.3. The van der Waals surface area contributed by atoms with Gasteiger partial charge in [0, 0.05) is 12.1 Å². The molecule has 0 bridgehead atoms. The molecule has 0 aliphatic heterocycles. The Hall–Kier alpha value is -0.890. The van der Waals surface area contributed by atoms with Crippen LogP contribution in [0.3, 0.4) is 0 Å². The van der Waals surface area contributed by atoms with E-state index in [0.717, 1.165) is 17.7 Å². The lowest BCUT2D eigenvalue weighted by Gasteiger charge is -2.08. The molecule has 0 fully saturated rings. The van der Waals surface area contributed by atoms with E-state index in [1.807, 2.05) is 19.1 Å². The average molecular weight is 195 g/mol. The lowest BCUT2D eigenvalue weighted by Crippen LogP contribution is -2.19. The maximum atomic E-state index is 13.3. The molecule has 1 aromatic rings. The molecule has 1 aromatic carbocycles. The predicted octanol–water partition coefficient (Wildman–Crippen LogP) is 2.88. The Morgan fingerprint density at radius 1 is 1.36 bits per heavy atom. The van der Waals surface area contributed by atoms with Crippen molar-refractivity contribution in [1.82, 2.24) is 5.32 Å². The largest absolute Gasteiger partial charge is 0.312 e. The molecular weight excluding hydrogens is 177 g/mol. The minimum absolute atomic E-state index is 0.110. The van der Waals surface area contributed by atoms with Gasteiger partial charge in [-0.2, -0.15) is 0 Å². The zero-order valence-corrected chi connectivity index (χ0v) is 9.10. The first-order valence-corrected chi connectivity index (χ1v) is 5.05. The molecule has 0 heterocycles. The van der Waals surface area contributed by atoms with Gasteiger partial charge in [0.15, 0.2) is 0 Å². The van der Waals surface area contributed by atoms with E-state index >= 15 is 0 Å². The van der Waals surface area contributed by atoms with Crippen molar-refractivity contribution in [1.29, 1.82) is 0 Å². The molecule has 0 aliphatic carbocycles. The second kappa shape index (κ2) is 5.11. The van der Waals surface area contributed by atoms with Crippen LogP contribution in [0.2, 0.25) is 0 Å². The van der Waals surface area contributed by atoms with Gasteiger partial charge in [-0.05, 0) is 31.0 Å². The summed E-state index contributed by atoms with van der Waals surface area (Å²) in [5.41, 5.74) is 1.71. The Morgan fingerprint density at radius 2 is 2.07 bits per heavy atom. The summed E-state index contributed by atoms with van der Waals surface area (Å²) in [5, 5.41) is 3.22. The molecule has 0 saturated heterocycles. The van der Waals surface area contributed by atoms with E-state index in [-0.39, 0.29) is 5.82 Å². The van der Waals surface area contributed by atoms with Crippen LogP contribution in [0.15, 0.2) is 18.2 Å². The molecule has 1 N–H and O–H groups in total. The Kier molecular flexibility index (Phi) is 4.08. The maximum Gasteiger partial charge on any atom is 0.127 e. The van der Waals surface area contributed by atoms with Gasteiger partial charge in [0.25, 0.3) is 0 Å². The quantitative estimate of drug-likeness (QED) is 0.779. The Morgan fingerprint density at radius 3 is 2.64 bits per heavy atom. The highest BCUT2D eigenvalue weighted by Crippen LogP contribution is 2.09. The molecule has 14 heavy (non-hydrogen) atoms. The third-order valence-electron chi connectivity index (χ3n) is 2.08. The normalized spacial score (nSPS) is 10.9. The number of rotatable bonds is 4. The van der Waals surface area contributed by atoms with E-state index in [4.69, 9.17) is 0 Å². The van der Waals surface area contributed by atoms with Gasteiger partial charge in [-0.15, -0.1) is 0 Å². The molecular formula is C12H18FN. The molecule has 1 rings (SSSR count). The highest BCUT2D eigenvalue weighted by molar-refractivity contribution is 5.23. The lowest BCUT2D eigenvalue weighted by atomic mass is 10.1. The van der Waals surface area contributed by atoms with Gasteiger partial charge in [-0.3, -0.25) is 0 Å². The first-order chi connectivity index (χ1) is 6.59. The molecule has 0 aliphatic rings. The molecule has 0 unspecified atom stereocenters. The molecule has 0 spiro atoms. The predicted molar refractivity (Wildman–Crippen MR) is 57.7 cm³/mol. The molecule has 1 nitrogen and oxygen atoms in total. The highest BCUT2D eigenvalue weighted by atomic mass is 19.1. The number of hydrogen-bond acceptors (Lipinski definition) is 1. The molecule has 78 valence electrons. The van der Waals surface area contributed by atoms with Gasteiger partial charge < -0.3 is 5.32 Å². The fraction of sp³-hybridized carbons (Fsp3) is 0.500. The monoisotopic (exact) mass is 195 g/mol. The van der Waals surface area contributed by atoms with Crippen LogP contribution in [0, 0.1) is 18.7 Å². The van der Waals surface area contributed by atoms with Crippen LogP contribution in [0.4, 0.5) is 4.39 Å². The van der Waals surface area contributed by atoms with Crippen LogP contribution in [0.1, 0.15) is 25.0 Å². The van der Waals surface area contributed by atoms with E-state index in [0.29, 0.717) is 12.5 Å². The average Bonchev–Trinajstić information content (AvgIpc) is 2.08. The van der Waals surface area contributed by atoms with Crippen molar-refractivity contribution in [3.8, 4) is 0 Å². The standard InChI is InChI=1S/C12H18FN/c1-9(2)7-14-8-11-5-4-10(3)6-12(11)13/h4-6,9,14H,7-8H2,1-3H3. The van der Waals surface area contributed by atoms with Crippen LogP contribution in [0.5, 0.6) is 0 Å². The third kappa shape index (κ3) is 3.46. The van der Waals surface area contributed by atoms with Crippen molar-refractivity contribution < 1.29 is 4.39 Å². The summed E-state index contributed by atoms with van der Waals surface area (Å²) in [4.78, 5) is 0. The smallest absolute Gasteiger partial charge is 0.127 e. The first-order valence-electron chi connectivity index (χ1n) is 5.05. The minimum Gasteiger partial charge on any atom is -0.312 e. The van der Waals surface area contributed by atoms with E-state index < -0.39 is 0 Å². The van der Waals surface area contributed by atoms with Crippen LogP contribution in [0.25, 0.3) is 0 Å². The van der Waals surface area contributed by atoms with Crippen molar-refractivity contribution in [2.75, 3.05) is 6.54 Å². The zero-order chi connectivity index (χ0) is 10.6. The summed E-state index contributed by atoms with van der Waals surface area (Å²) in [6, 6.07) is 5.36. The second-order valence-electron chi connectivity index (χ2n) is 4.12. The molecule has 2 heteroatoms. The zero-order valence-electron chi connectivity index (χ0n) is 9.10. The second-order valence-corrected chi connectivity index (χ2v) is 4.12. The summed E-state index contributed by atoms with van der Waals surface area (Å²) in [7, 11) is 0. The SMILES string of the molecule is Cc1ccc(CNCC(C)C)c(F)c1. The Bertz CT molecular complexity index is 294. The Labute approximate surface area is 85.3 Å². The van der Waals surface area contributed by atoms with E-state index in [9.17, 15) is 4.39 Å². The van der Waals surface area contributed by atoms with Gasteiger partial charge >= 0.3 is 0 Å². The highest BCUT2D eigenvalue weighted by Gasteiger charge is 2.01. The van der Waals surface area contributed by atoms with Crippen LogP contribution in [-0.2, 0) is 6.54 Å². The number of nitrogens with one attached hydrogen (secondary N) is 1. The number of benzene rings is 1. The summed E-state index contributed by atoms with van der Waals surface area (Å²) >= 11 is 0. The Balaban J connectivity index is 2.51. The number of halogens is 1. The summed E-state index contributed by atoms with van der Waals surface area (Å²) in [5.74, 6) is 0.491. The summed E-state index contributed by atoms with van der Waals surface area (Å²) in [6.45, 7) is 7.71.